The summed E-state index contributed by atoms with van der Waals surface area (Å²) in [7, 11) is 4.82. The van der Waals surface area contributed by atoms with Crippen molar-refractivity contribution in [3.63, 3.8) is 0 Å². The van der Waals surface area contributed by atoms with E-state index in [0.29, 0.717) is 11.8 Å². The normalized spacial score (nSPS) is 26.0. The first kappa shape index (κ1) is 27.2. The van der Waals surface area contributed by atoms with Crippen LogP contribution in [0.2, 0.25) is 13.1 Å². The Balaban J connectivity index is 1.94. The molecule has 1 saturated heterocycles. The number of allylic oxidation sites excluding steroid dienone is 2. The summed E-state index contributed by atoms with van der Waals surface area (Å²) in [6.45, 7) is 26.7. The van der Waals surface area contributed by atoms with Crippen molar-refractivity contribution in [2.45, 2.75) is 112 Å². The zero-order valence-corrected chi connectivity index (χ0v) is 28.0. The van der Waals surface area contributed by atoms with Crippen molar-refractivity contribution in [2.75, 3.05) is 3.86 Å². The Morgan fingerprint density at radius 1 is 1.03 bits per heavy atom. The summed E-state index contributed by atoms with van der Waals surface area (Å²) in [6.07, 6.45) is 4.03. The monoisotopic (exact) mass is 579 g/mol. The number of fused-ring (bicyclic) bond motifs is 2. The zero-order valence-electron chi connectivity index (χ0n) is 23.3. The molecule has 1 saturated carbocycles. The average molecular weight is 579 g/mol. The molecular formula is C27H45ClGeN3PSi. The minimum absolute atomic E-state index is 0.178. The fourth-order valence-corrected chi connectivity index (χ4v) is 21.0. The summed E-state index contributed by atoms with van der Waals surface area (Å²) in [5, 5.41) is 1.78. The molecule has 1 aliphatic heterocycles. The third kappa shape index (κ3) is 4.31. The molecule has 2 bridgehead atoms. The molecule has 1 aromatic rings. The Bertz CT molecular complexity index is 957. The van der Waals surface area contributed by atoms with Gasteiger partial charge in [-0.2, -0.15) is 0 Å². The molecule has 0 amide bonds. The van der Waals surface area contributed by atoms with Crippen molar-refractivity contribution in [1.82, 2.24) is 8.67 Å². The van der Waals surface area contributed by atoms with Crippen LogP contribution in [0.25, 0.3) is 0 Å². The summed E-state index contributed by atoms with van der Waals surface area (Å²) >= 11 is -0.793. The molecule has 0 aromatic heterocycles. The van der Waals surface area contributed by atoms with Crippen molar-refractivity contribution in [1.29, 1.82) is 0 Å². The molecule has 3 aliphatic rings. The second-order valence-electron chi connectivity index (χ2n) is 13.3. The molecular weight excluding hydrogens is 533 g/mol. The van der Waals surface area contributed by atoms with Gasteiger partial charge in [0, 0.05) is 0 Å². The molecule has 0 N–H and O–H groups in total. The van der Waals surface area contributed by atoms with E-state index in [0.717, 1.165) is 5.92 Å². The molecule has 34 heavy (non-hydrogen) atoms. The number of halogens is 1. The van der Waals surface area contributed by atoms with Crippen molar-refractivity contribution < 1.29 is 0 Å². The Hall–Kier alpha value is 0.160. The first-order chi connectivity index (χ1) is 15.6. The van der Waals surface area contributed by atoms with Gasteiger partial charge in [0.25, 0.3) is 0 Å². The van der Waals surface area contributed by atoms with Gasteiger partial charge in [-0.05, 0) is 0 Å². The Morgan fingerprint density at radius 3 is 2.09 bits per heavy atom. The summed E-state index contributed by atoms with van der Waals surface area (Å²) in [5.41, 5.74) is 6.25. The van der Waals surface area contributed by atoms with Gasteiger partial charge in [-0.25, -0.2) is 0 Å². The molecule has 188 valence electrons. The van der Waals surface area contributed by atoms with E-state index in [-0.39, 0.29) is 11.1 Å². The molecule has 2 aliphatic carbocycles. The Morgan fingerprint density at radius 2 is 1.59 bits per heavy atom. The van der Waals surface area contributed by atoms with Crippen LogP contribution in [0.4, 0.5) is 5.69 Å². The van der Waals surface area contributed by atoms with Gasteiger partial charge >= 0.3 is 223 Å². The van der Waals surface area contributed by atoms with E-state index >= 15 is 0 Å². The second-order valence-corrected chi connectivity index (χ2v) is 22.0. The van der Waals surface area contributed by atoms with Crippen LogP contribution in [-0.4, -0.2) is 42.9 Å². The first-order valence-electron chi connectivity index (χ1n) is 13.0. The number of benzene rings is 1. The number of nitrogens with zero attached hydrogens (tertiary/aromatic N) is 3. The molecule has 2 radical (unpaired) electrons. The van der Waals surface area contributed by atoms with Crippen LogP contribution < -0.4 is 3.86 Å². The number of rotatable bonds is 5. The zero-order chi connectivity index (χ0) is 25.4. The van der Waals surface area contributed by atoms with Crippen LogP contribution in [-0.2, 0) is 0 Å². The Labute approximate surface area is 222 Å². The van der Waals surface area contributed by atoms with Crippen LogP contribution in [0.1, 0.15) is 91.7 Å². The van der Waals surface area contributed by atoms with Crippen molar-refractivity contribution in [3.8, 4) is 0 Å². The van der Waals surface area contributed by atoms with Crippen LogP contribution in [0.3, 0.4) is 0 Å². The van der Waals surface area contributed by atoms with Crippen molar-refractivity contribution in [3.05, 3.63) is 40.3 Å². The number of aryl methyl sites for hydroxylation is 1. The van der Waals surface area contributed by atoms with Crippen LogP contribution in [0.15, 0.2) is 29.2 Å². The van der Waals surface area contributed by atoms with Gasteiger partial charge in [0.1, 0.15) is 0 Å². The third-order valence-electron chi connectivity index (χ3n) is 7.81. The fourth-order valence-electron chi connectivity index (χ4n) is 7.15. The van der Waals surface area contributed by atoms with Crippen LogP contribution >= 0.6 is 18.2 Å². The van der Waals surface area contributed by atoms with Crippen LogP contribution in [0, 0.1) is 18.8 Å². The molecule has 3 nitrogen and oxygen atoms in total. The molecule has 1 aromatic carbocycles. The van der Waals surface area contributed by atoms with Gasteiger partial charge in [0.2, 0.25) is 0 Å². The Kier molecular flexibility index (Phi) is 7.34. The van der Waals surface area contributed by atoms with Crippen molar-refractivity contribution >= 4 is 47.0 Å². The molecule has 2 unspecified atom stereocenters. The van der Waals surface area contributed by atoms with Gasteiger partial charge in [-0.15, -0.1) is 0 Å². The molecule has 2 atom stereocenters. The van der Waals surface area contributed by atoms with Gasteiger partial charge < -0.3 is 0 Å². The predicted molar refractivity (Wildman–Crippen MR) is 155 cm³/mol. The quantitative estimate of drug-likeness (QED) is 0.256. The maximum atomic E-state index is 7.01. The summed E-state index contributed by atoms with van der Waals surface area (Å²) in [6, 6.07) is 6.84. The number of hydrogen-bond donors (Lipinski definition) is 0. The van der Waals surface area contributed by atoms with E-state index < -0.39 is 31.3 Å². The molecule has 2 fully saturated rings. The summed E-state index contributed by atoms with van der Waals surface area (Å²) < 4.78 is 8.65. The number of para-hydroxylation sites is 1. The standard InChI is InChI=1S/C27H45ClGeN3PSi/c1-18(2)22-14-12-13-19(3)23(22)30(29-28)24-20-15-16-21(17-20)25(24)33-31(26(4,5)6)34(10,11)32(33)27(7,8)9/h12-14,18,20-21H,15-17H2,1-11H3. The van der Waals surface area contributed by atoms with E-state index in [1.165, 1.54) is 36.1 Å². The predicted octanol–water partition coefficient (Wildman–Crippen LogP) is 8.57. The molecule has 4 rings (SSSR count). The molecule has 1 heterocycles. The SMILES string of the molecule is Cc1cccc(C(C)C)c1[N]([Ge][Cl])C1=C(P2N(C(C)(C)C)[Si](C)(C)N2C(C)(C)C)C2CCC1C2. The summed E-state index contributed by atoms with van der Waals surface area (Å²) in [4.78, 5) is 0. The first-order valence-corrected chi connectivity index (χ1v) is 20.9. The van der Waals surface area contributed by atoms with Gasteiger partial charge in [0.05, 0.1) is 0 Å². The van der Waals surface area contributed by atoms with Gasteiger partial charge in [-0.3, -0.25) is 0 Å². The molecule has 7 heteroatoms. The van der Waals surface area contributed by atoms with Gasteiger partial charge in [0.15, 0.2) is 0 Å². The van der Waals surface area contributed by atoms with E-state index in [9.17, 15) is 0 Å². The average Bonchev–Trinajstić information content (AvgIpc) is 3.27. The fraction of sp³-hybridized carbons (Fsp3) is 0.704. The van der Waals surface area contributed by atoms with E-state index in [1.54, 1.807) is 11.0 Å². The third-order valence-corrected chi connectivity index (χ3v) is 20.5. The van der Waals surface area contributed by atoms with Gasteiger partial charge in [-0.1, -0.05) is 0 Å². The molecule has 0 spiro atoms. The van der Waals surface area contributed by atoms with E-state index in [2.05, 4.69) is 106 Å². The van der Waals surface area contributed by atoms with Crippen molar-refractivity contribution in [2.24, 2.45) is 11.8 Å². The van der Waals surface area contributed by atoms with E-state index in [4.69, 9.17) is 10.0 Å². The number of hydrogen-bond acceptors (Lipinski definition) is 3. The minimum atomic E-state index is -1.71. The van der Waals surface area contributed by atoms with Crippen LogP contribution in [0.5, 0.6) is 0 Å². The maximum absolute atomic E-state index is 7.01. The second kappa shape index (κ2) is 9.17. The topological polar surface area (TPSA) is 9.72 Å². The number of anilines is 1. The van der Waals surface area contributed by atoms with E-state index in [1.807, 2.05) is 0 Å². The summed E-state index contributed by atoms with van der Waals surface area (Å²) in [5.74, 6) is 1.90.